The highest BCUT2D eigenvalue weighted by Crippen LogP contribution is 2.42. The van der Waals surface area contributed by atoms with E-state index in [4.69, 9.17) is 0 Å². The zero-order chi connectivity index (χ0) is 24.4. The second kappa shape index (κ2) is 9.79. The summed E-state index contributed by atoms with van der Waals surface area (Å²) in [6.45, 7) is 4.04. The first-order valence-electron chi connectivity index (χ1n) is 12.3. The minimum atomic E-state index is -0.662. The van der Waals surface area contributed by atoms with Crippen molar-refractivity contribution in [1.82, 2.24) is 0 Å². The summed E-state index contributed by atoms with van der Waals surface area (Å²) >= 11 is 0. The number of carbonyl (C=O) groups excluding carboxylic acids is 2. The van der Waals surface area contributed by atoms with Gasteiger partial charge in [0.2, 0.25) is 0 Å². The molecular weight excluding hydrogens is 436 g/mol. The molecule has 1 amide bonds. The smallest absolute Gasteiger partial charge is 0.294 e. The van der Waals surface area contributed by atoms with Gasteiger partial charge in [0.05, 0.1) is 11.6 Å². The van der Waals surface area contributed by atoms with Crippen LogP contribution in [0.5, 0.6) is 0 Å². The summed E-state index contributed by atoms with van der Waals surface area (Å²) in [4.78, 5) is 30.8. The maximum Gasteiger partial charge on any atom is 0.294 e. The first-order valence-corrected chi connectivity index (χ1v) is 12.3. The summed E-state index contributed by atoms with van der Waals surface area (Å²) in [6, 6.07) is 24.8. The van der Waals surface area contributed by atoms with Crippen LogP contribution < -0.4 is 9.80 Å². The molecule has 5 rings (SSSR count). The van der Waals surface area contributed by atoms with E-state index in [-0.39, 0.29) is 17.8 Å². The van der Waals surface area contributed by atoms with Crippen molar-refractivity contribution in [3.63, 3.8) is 0 Å². The number of hydrogen-bond donors (Lipinski definition) is 1. The third-order valence-corrected chi connectivity index (χ3v) is 7.07. The molecule has 1 N–H and O–H groups in total. The molecule has 0 radical (unpaired) electrons. The maximum absolute atomic E-state index is 13.5. The molecule has 1 unspecified atom stereocenters. The highest BCUT2D eigenvalue weighted by molar-refractivity contribution is 6.16. The number of aliphatic hydroxyl groups is 1. The lowest BCUT2D eigenvalue weighted by atomic mass is 9.90. The Morgan fingerprint density at radius 1 is 0.886 bits per heavy atom. The Kier molecular flexibility index (Phi) is 6.41. The van der Waals surface area contributed by atoms with Crippen LogP contribution in [-0.4, -0.2) is 29.9 Å². The number of amides is 1. The molecule has 1 fully saturated rings. The molecule has 0 aliphatic carbocycles. The highest BCUT2D eigenvalue weighted by Gasteiger charge is 2.44. The quantitative estimate of drug-likeness (QED) is 0.485. The van der Waals surface area contributed by atoms with E-state index in [9.17, 15) is 14.7 Å². The summed E-state index contributed by atoms with van der Waals surface area (Å²) in [7, 11) is 0. The summed E-state index contributed by atoms with van der Waals surface area (Å²) in [5, 5.41) is 11.0. The minimum absolute atomic E-state index is 0.184. The molecule has 1 atom stereocenters. The van der Waals surface area contributed by atoms with E-state index < -0.39 is 17.7 Å². The van der Waals surface area contributed by atoms with Gasteiger partial charge in [-0.3, -0.25) is 14.5 Å². The summed E-state index contributed by atoms with van der Waals surface area (Å²) in [6.07, 6.45) is 3.15. The third kappa shape index (κ3) is 4.46. The molecule has 1 saturated heterocycles. The molecule has 0 saturated carbocycles. The van der Waals surface area contributed by atoms with Gasteiger partial charge in [-0.2, -0.15) is 0 Å². The fourth-order valence-corrected chi connectivity index (χ4v) is 5.18. The van der Waals surface area contributed by atoms with E-state index in [0.717, 1.165) is 35.5 Å². The monoisotopic (exact) mass is 466 g/mol. The molecule has 0 aromatic heterocycles. The Balaban J connectivity index is 1.49. The minimum Gasteiger partial charge on any atom is -0.503 e. The number of aliphatic hydroxyl groups excluding tert-OH is 1. The Morgan fingerprint density at radius 2 is 1.51 bits per heavy atom. The zero-order valence-corrected chi connectivity index (χ0v) is 20.0. The largest absolute Gasteiger partial charge is 0.503 e. The lowest BCUT2D eigenvalue weighted by molar-refractivity contribution is -0.118. The maximum atomic E-state index is 13.5. The molecule has 178 valence electrons. The Bertz CT molecular complexity index is 1260. The van der Waals surface area contributed by atoms with Crippen LogP contribution in [0.1, 0.15) is 42.0 Å². The molecule has 3 aromatic carbocycles. The normalized spacial score (nSPS) is 18.0. The number of benzene rings is 3. The van der Waals surface area contributed by atoms with E-state index in [1.807, 2.05) is 85.8 Å². The zero-order valence-electron chi connectivity index (χ0n) is 20.0. The van der Waals surface area contributed by atoms with Crippen molar-refractivity contribution >= 4 is 23.1 Å². The predicted molar refractivity (Wildman–Crippen MR) is 139 cm³/mol. The molecular formula is C30H30N2O3. The number of aryl methyl sites for hydroxylation is 2. The van der Waals surface area contributed by atoms with Crippen molar-refractivity contribution in [1.29, 1.82) is 0 Å². The predicted octanol–water partition coefficient (Wildman–Crippen LogP) is 5.70. The van der Waals surface area contributed by atoms with Crippen molar-refractivity contribution in [3.05, 3.63) is 107 Å². The van der Waals surface area contributed by atoms with Crippen molar-refractivity contribution in [2.75, 3.05) is 22.9 Å². The van der Waals surface area contributed by atoms with Crippen LogP contribution in [0.15, 0.2) is 90.2 Å². The second-order valence-electron chi connectivity index (χ2n) is 9.32. The lowest BCUT2D eigenvalue weighted by Crippen LogP contribution is -2.31. The number of carbonyl (C=O) groups is 2. The number of nitrogens with zero attached hydrogens (tertiary/aromatic N) is 2. The van der Waals surface area contributed by atoms with Gasteiger partial charge in [0.15, 0.2) is 11.5 Å². The van der Waals surface area contributed by atoms with Crippen LogP contribution in [0.3, 0.4) is 0 Å². The van der Waals surface area contributed by atoms with Gasteiger partial charge >= 0.3 is 0 Å². The molecule has 2 aliphatic rings. The average molecular weight is 467 g/mol. The standard InChI is InChI=1S/C30H30N2O3/c1-21-9-5-6-12-25(21)28-27(26(33)18-13-22-10-3-2-4-11-22)29(34)30(35)32(28)24-16-14-23(15-17-24)31-19-7-8-20-31/h2-6,9-12,14-17,28,34H,7-8,13,18-20H2,1H3. The molecule has 5 nitrogen and oxygen atoms in total. The van der Waals surface area contributed by atoms with Crippen LogP contribution in [0, 0.1) is 6.92 Å². The topological polar surface area (TPSA) is 60.9 Å². The van der Waals surface area contributed by atoms with E-state index in [2.05, 4.69) is 4.90 Å². The van der Waals surface area contributed by atoms with Crippen molar-refractivity contribution in [2.24, 2.45) is 0 Å². The van der Waals surface area contributed by atoms with Crippen LogP contribution in [-0.2, 0) is 16.0 Å². The first kappa shape index (κ1) is 22.9. The average Bonchev–Trinajstić information content (AvgIpc) is 3.51. The fraction of sp³-hybridized carbons (Fsp3) is 0.267. The van der Waals surface area contributed by atoms with E-state index in [1.54, 1.807) is 4.90 Å². The van der Waals surface area contributed by atoms with Gasteiger partial charge in [0.1, 0.15) is 0 Å². The Hall–Kier alpha value is -3.86. The van der Waals surface area contributed by atoms with Crippen molar-refractivity contribution in [3.8, 4) is 0 Å². The van der Waals surface area contributed by atoms with E-state index in [1.165, 1.54) is 12.8 Å². The van der Waals surface area contributed by atoms with E-state index in [0.29, 0.717) is 12.1 Å². The van der Waals surface area contributed by atoms with Gasteiger partial charge in [-0.05, 0) is 67.1 Å². The number of hydrogen-bond acceptors (Lipinski definition) is 4. The number of rotatable bonds is 7. The van der Waals surface area contributed by atoms with Crippen LogP contribution in [0.2, 0.25) is 0 Å². The van der Waals surface area contributed by atoms with Crippen LogP contribution >= 0.6 is 0 Å². The number of anilines is 2. The second-order valence-corrected chi connectivity index (χ2v) is 9.32. The van der Waals surface area contributed by atoms with Gasteiger partial charge in [0.25, 0.3) is 5.91 Å². The van der Waals surface area contributed by atoms with Crippen molar-refractivity contribution in [2.45, 2.75) is 38.6 Å². The lowest BCUT2D eigenvalue weighted by Gasteiger charge is -2.28. The molecule has 3 aromatic rings. The molecule has 35 heavy (non-hydrogen) atoms. The fourth-order valence-electron chi connectivity index (χ4n) is 5.18. The Labute approximate surface area is 206 Å². The Morgan fingerprint density at radius 3 is 2.20 bits per heavy atom. The van der Waals surface area contributed by atoms with Gasteiger partial charge in [-0.1, -0.05) is 54.6 Å². The molecule has 0 spiro atoms. The SMILES string of the molecule is Cc1ccccc1C1C(C(=O)CCc2ccccc2)=C(O)C(=O)N1c1ccc(N2CCCC2)cc1. The molecule has 2 heterocycles. The van der Waals surface area contributed by atoms with Gasteiger partial charge in [0, 0.05) is 30.9 Å². The van der Waals surface area contributed by atoms with Gasteiger partial charge < -0.3 is 10.0 Å². The van der Waals surface area contributed by atoms with Gasteiger partial charge in [-0.25, -0.2) is 0 Å². The van der Waals surface area contributed by atoms with Crippen LogP contribution in [0.4, 0.5) is 11.4 Å². The number of ketones is 1. The van der Waals surface area contributed by atoms with Gasteiger partial charge in [-0.15, -0.1) is 0 Å². The molecule has 2 aliphatic heterocycles. The summed E-state index contributed by atoms with van der Waals surface area (Å²) < 4.78 is 0. The van der Waals surface area contributed by atoms with Crippen LogP contribution in [0.25, 0.3) is 0 Å². The third-order valence-electron chi connectivity index (χ3n) is 7.07. The number of Topliss-reactive ketones (excluding diaryl/α,β-unsaturated/α-hetero) is 1. The van der Waals surface area contributed by atoms with Crippen molar-refractivity contribution < 1.29 is 14.7 Å². The summed E-state index contributed by atoms with van der Waals surface area (Å²) in [5.41, 5.74) is 4.84. The molecule has 5 heteroatoms. The summed E-state index contributed by atoms with van der Waals surface area (Å²) in [5.74, 6) is -1.18. The molecule has 0 bridgehead atoms. The van der Waals surface area contributed by atoms with E-state index >= 15 is 0 Å². The first-order chi connectivity index (χ1) is 17.0. The highest BCUT2D eigenvalue weighted by atomic mass is 16.3.